The van der Waals surface area contributed by atoms with Crippen molar-refractivity contribution in [2.45, 2.75) is 46.1 Å². The van der Waals surface area contributed by atoms with Crippen LogP contribution >= 0.6 is 11.6 Å². The zero-order valence-corrected chi connectivity index (χ0v) is 25.7. The fourth-order valence-corrected chi connectivity index (χ4v) is 5.02. The van der Waals surface area contributed by atoms with E-state index >= 15 is 0 Å². The van der Waals surface area contributed by atoms with Gasteiger partial charge in [-0.1, -0.05) is 85.6 Å². The van der Waals surface area contributed by atoms with Gasteiger partial charge >= 0.3 is 12.1 Å². The van der Waals surface area contributed by atoms with Crippen LogP contribution in [-0.4, -0.2) is 52.1 Å². The van der Waals surface area contributed by atoms with E-state index in [9.17, 15) is 24.8 Å². The third-order valence-electron chi connectivity index (χ3n) is 6.92. The van der Waals surface area contributed by atoms with Crippen molar-refractivity contribution in [3.63, 3.8) is 0 Å². The van der Waals surface area contributed by atoms with E-state index < -0.39 is 17.2 Å². The SMILES string of the molecule is CCCCc1nc(Cl)c(C(=O)O)n1Cc1ccc(-c2ccccc2-c2nnn(COC(=O)Oc3cccc(CO[N+](=O)[O-])c3)n2)cc1. The van der Waals surface area contributed by atoms with Gasteiger partial charge in [0.2, 0.25) is 12.6 Å². The van der Waals surface area contributed by atoms with Crippen LogP contribution in [0.5, 0.6) is 5.75 Å². The number of ether oxygens (including phenoxy) is 2. The Bertz CT molecular complexity index is 1890. The van der Waals surface area contributed by atoms with E-state index in [1.165, 1.54) is 12.1 Å². The molecule has 15 nitrogen and oxygen atoms in total. The van der Waals surface area contributed by atoms with Gasteiger partial charge in [-0.3, -0.25) is 0 Å². The van der Waals surface area contributed by atoms with E-state index in [0.29, 0.717) is 35.7 Å². The van der Waals surface area contributed by atoms with Crippen LogP contribution in [0.2, 0.25) is 5.15 Å². The van der Waals surface area contributed by atoms with E-state index in [1.54, 1.807) is 16.7 Å². The van der Waals surface area contributed by atoms with Crippen molar-refractivity contribution < 1.29 is 34.1 Å². The summed E-state index contributed by atoms with van der Waals surface area (Å²) in [5.41, 5.74) is 3.62. The van der Waals surface area contributed by atoms with Crippen LogP contribution in [0.25, 0.3) is 22.5 Å². The van der Waals surface area contributed by atoms with Gasteiger partial charge in [-0.2, -0.15) is 0 Å². The number of carbonyl (C=O) groups excluding carboxylic acids is 1. The summed E-state index contributed by atoms with van der Waals surface area (Å²) in [5, 5.41) is 31.6. The number of aromatic carboxylic acids is 1. The van der Waals surface area contributed by atoms with Crippen molar-refractivity contribution in [2.24, 2.45) is 0 Å². The normalized spacial score (nSPS) is 10.9. The molecule has 0 fully saturated rings. The van der Waals surface area contributed by atoms with Gasteiger partial charge in [0, 0.05) is 18.5 Å². The maximum absolute atomic E-state index is 12.2. The number of benzene rings is 3. The van der Waals surface area contributed by atoms with Crippen molar-refractivity contribution in [1.29, 1.82) is 0 Å². The van der Waals surface area contributed by atoms with Gasteiger partial charge in [-0.25, -0.2) is 14.6 Å². The van der Waals surface area contributed by atoms with Gasteiger partial charge in [-0.15, -0.1) is 25.1 Å². The standard InChI is InChI=1S/C31H28ClN7O8/c1-2-3-11-26-33-28(32)27(30(40)41)37(26)17-20-12-14-22(15-13-20)24-9-4-5-10-25(24)29-34-36-38(35-29)19-45-31(42)47-23-8-6-7-21(16-23)18-46-39(43)44/h4-10,12-16H,2-3,11,17-19H2,1H3,(H,40,41). The highest BCUT2D eigenvalue weighted by Crippen LogP contribution is 2.30. The average molecular weight is 662 g/mol. The summed E-state index contributed by atoms with van der Waals surface area (Å²) in [5.74, 6) is -0.101. The molecule has 0 amide bonds. The lowest BCUT2D eigenvalue weighted by atomic mass is 9.98. The molecule has 0 bridgehead atoms. The van der Waals surface area contributed by atoms with Crippen LogP contribution in [0, 0.1) is 10.1 Å². The van der Waals surface area contributed by atoms with Crippen LogP contribution in [0.3, 0.4) is 0 Å². The minimum Gasteiger partial charge on any atom is -0.476 e. The molecule has 0 radical (unpaired) electrons. The van der Waals surface area contributed by atoms with Crippen molar-refractivity contribution >= 4 is 23.7 Å². The number of carboxylic acids is 1. The molecule has 1 N–H and O–H groups in total. The molecular formula is C31H28ClN7O8. The van der Waals surface area contributed by atoms with Gasteiger partial charge in [0.05, 0.1) is 0 Å². The molecule has 0 saturated carbocycles. The quantitative estimate of drug-likeness (QED) is 0.0650. The highest BCUT2D eigenvalue weighted by atomic mass is 35.5. The van der Waals surface area contributed by atoms with Crippen molar-refractivity contribution in [3.05, 3.63) is 111 Å². The van der Waals surface area contributed by atoms with Crippen molar-refractivity contribution in [1.82, 2.24) is 29.8 Å². The summed E-state index contributed by atoms with van der Waals surface area (Å²) < 4.78 is 11.9. The number of rotatable bonds is 14. The molecule has 0 atom stereocenters. The highest BCUT2D eigenvalue weighted by Gasteiger charge is 2.22. The summed E-state index contributed by atoms with van der Waals surface area (Å²) in [7, 11) is 0. The van der Waals surface area contributed by atoms with Gasteiger partial charge in [0.1, 0.15) is 18.2 Å². The monoisotopic (exact) mass is 661 g/mol. The molecule has 0 aliphatic rings. The van der Waals surface area contributed by atoms with Gasteiger partial charge in [0.25, 0.3) is 5.09 Å². The molecular weight excluding hydrogens is 634 g/mol. The number of tetrazole rings is 1. The number of carbonyl (C=O) groups is 2. The molecule has 242 valence electrons. The molecule has 5 rings (SSSR count). The Morgan fingerprint density at radius 3 is 2.51 bits per heavy atom. The number of hydrogen-bond acceptors (Lipinski definition) is 11. The van der Waals surface area contributed by atoms with Crippen molar-refractivity contribution in [3.8, 4) is 28.3 Å². The molecule has 3 aromatic carbocycles. The molecule has 5 aromatic rings. The first-order valence-electron chi connectivity index (χ1n) is 14.4. The maximum Gasteiger partial charge on any atom is 0.515 e. The lowest BCUT2D eigenvalue weighted by Gasteiger charge is -2.12. The maximum atomic E-state index is 12.2. The topological polar surface area (TPSA) is 187 Å². The van der Waals surface area contributed by atoms with E-state index in [-0.39, 0.29) is 29.9 Å². The van der Waals surface area contributed by atoms with E-state index in [2.05, 4.69) is 32.2 Å². The Kier molecular flexibility index (Phi) is 10.4. The number of aromatic nitrogens is 6. The predicted octanol–water partition coefficient (Wildman–Crippen LogP) is 5.83. The largest absolute Gasteiger partial charge is 0.515 e. The molecule has 0 saturated heterocycles. The summed E-state index contributed by atoms with van der Waals surface area (Å²) in [6, 6.07) is 21.1. The van der Waals surface area contributed by atoms with Crippen LogP contribution in [0.15, 0.2) is 72.8 Å². The number of nitrogens with zero attached hydrogens (tertiary/aromatic N) is 7. The van der Waals surface area contributed by atoms with Crippen LogP contribution in [-0.2, 0) is 35.9 Å². The van der Waals surface area contributed by atoms with Crippen LogP contribution < -0.4 is 4.74 Å². The average Bonchev–Trinajstić information content (AvgIpc) is 3.66. The lowest BCUT2D eigenvalue weighted by Crippen LogP contribution is -2.15. The molecule has 16 heteroatoms. The molecule has 2 heterocycles. The Balaban J connectivity index is 1.25. The molecule has 47 heavy (non-hydrogen) atoms. The van der Waals surface area contributed by atoms with E-state index in [1.807, 2.05) is 48.5 Å². The van der Waals surface area contributed by atoms with Gasteiger partial charge in [-0.05, 0) is 46.0 Å². The first-order valence-corrected chi connectivity index (χ1v) is 14.7. The third-order valence-corrected chi connectivity index (χ3v) is 7.18. The predicted molar refractivity (Wildman–Crippen MR) is 166 cm³/mol. The van der Waals surface area contributed by atoms with Crippen LogP contribution in [0.4, 0.5) is 4.79 Å². The summed E-state index contributed by atoms with van der Waals surface area (Å²) in [6.45, 7) is 1.66. The van der Waals surface area contributed by atoms with Crippen LogP contribution in [0.1, 0.15) is 47.2 Å². The van der Waals surface area contributed by atoms with E-state index in [4.69, 9.17) is 21.1 Å². The number of imidazole rings is 1. The Morgan fingerprint density at radius 1 is 1.02 bits per heavy atom. The second-order valence-electron chi connectivity index (χ2n) is 10.2. The smallest absolute Gasteiger partial charge is 0.476 e. The number of hydrogen-bond donors (Lipinski definition) is 1. The molecule has 2 aromatic heterocycles. The molecule has 0 aliphatic carbocycles. The van der Waals surface area contributed by atoms with E-state index in [0.717, 1.165) is 34.3 Å². The summed E-state index contributed by atoms with van der Waals surface area (Å²) in [4.78, 5) is 44.3. The Labute approximate surface area is 272 Å². The molecule has 0 aliphatic heterocycles. The second kappa shape index (κ2) is 15.0. The third kappa shape index (κ3) is 8.26. The number of unbranched alkanes of at least 4 members (excludes halogenated alkanes) is 1. The Hall–Kier alpha value is -5.83. The number of carboxylic acid groups (broad SMARTS) is 1. The number of aryl methyl sites for hydroxylation is 1. The van der Waals surface area contributed by atoms with Gasteiger partial charge in [0.15, 0.2) is 10.8 Å². The first-order chi connectivity index (χ1) is 22.7. The first kappa shape index (κ1) is 32.6. The minimum absolute atomic E-state index is 0.0234. The zero-order valence-electron chi connectivity index (χ0n) is 25.0. The summed E-state index contributed by atoms with van der Waals surface area (Å²) >= 11 is 6.18. The van der Waals surface area contributed by atoms with Gasteiger partial charge < -0.3 is 24.0 Å². The Morgan fingerprint density at radius 2 is 1.79 bits per heavy atom. The van der Waals surface area contributed by atoms with Crippen molar-refractivity contribution in [2.75, 3.05) is 0 Å². The molecule has 0 spiro atoms. The zero-order chi connectivity index (χ0) is 33.3. The fourth-order valence-electron chi connectivity index (χ4n) is 4.74. The minimum atomic E-state index is -1.13. The lowest BCUT2D eigenvalue weighted by molar-refractivity contribution is -0.763. The fraction of sp³-hybridized carbons (Fsp3) is 0.226. The number of halogens is 1. The molecule has 0 unspecified atom stereocenters. The summed E-state index contributed by atoms with van der Waals surface area (Å²) in [6.07, 6.45) is 1.37. The second-order valence-corrected chi connectivity index (χ2v) is 10.5. The highest BCUT2D eigenvalue weighted by molar-refractivity contribution is 6.32.